The number of hydrogen-bond acceptors (Lipinski definition) is 3. The molecule has 3 aromatic carbocycles. The molecule has 4 nitrogen and oxygen atoms in total. The lowest BCUT2D eigenvalue weighted by atomic mass is 9.86. The van der Waals surface area contributed by atoms with Crippen molar-refractivity contribution in [1.29, 1.82) is 0 Å². The molecule has 0 aromatic heterocycles. The van der Waals surface area contributed by atoms with Crippen molar-refractivity contribution in [2.75, 3.05) is 13.7 Å². The first-order valence-corrected chi connectivity index (χ1v) is 11.1. The molecular formula is C28H31NO3. The maximum absolute atomic E-state index is 13.3. The van der Waals surface area contributed by atoms with Gasteiger partial charge in [-0.25, -0.2) is 0 Å². The summed E-state index contributed by atoms with van der Waals surface area (Å²) in [4.78, 5) is 15.2. The Hall–Kier alpha value is -3.27. The number of rotatable bonds is 5. The first kappa shape index (κ1) is 21.9. The van der Waals surface area contributed by atoms with Crippen LogP contribution in [-0.2, 0) is 25.0 Å². The molecule has 0 aliphatic carbocycles. The molecular weight excluding hydrogens is 398 g/mol. The highest BCUT2D eigenvalue weighted by atomic mass is 16.5. The first-order valence-electron chi connectivity index (χ1n) is 11.1. The number of amides is 1. The average molecular weight is 430 g/mol. The minimum absolute atomic E-state index is 0.0248. The maximum atomic E-state index is 13.3. The number of hydrogen-bond donors (Lipinski definition) is 0. The molecule has 0 N–H and O–H groups in total. The Morgan fingerprint density at radius 1 is 0.938 bits per heavy atom. The summed E-state index contributed by atoms with van der Waals surface area (Å²) in [5.74, 6) is 1.61. The number of benzene rings is 3. The lowest BCUT2D eigenvalue weighted by molar-refractivity contribution is 0.0734. The van der Waals surface area contributed by atoms with Gasteiger partial charge in [0.1, 0.15) is 18.1 Å². The van der Waals surface area contributed by atoms with Crippen LogP contribution < -0.4 is 9.47 Å². The number of ether oxygens (including phenoxy) is 2. The van der Waals surface area contributed by atoms with Crippen LogP contribution in [-0.4, -0.2) is 24.5 Å². The number of para-hydroxylation sites is 1. The van der Waals surface area contributed by atoms with Crippen LogP contribution in [0.1, 0.15) is 53.4 Å². The van der Waals surface area contributed by atoms with E-state index in [4.69, 9.17) is 9.47 Å². The monoisotopic (exact) mass is 429 g/mol. The van der Waals surface area contributed by atoms with Crippen LogP contribution in [0.3, 0.4) is 0 Å². The fourth-order valence-corrected chi connectivity index (χ4v) is 4.24. The van der Waals surface area contributed by atoms with E-state index in [1.807, 2.05) is 47.4 Å². The summed E-state index contributed by atoms with van der Waals surface area (Å²) in [6.07, 6.45) is 0.887. The number of methoxy groups -OCH3 is 1. The van der Waals surface area contributed by atoms with E-state index < -0.39 is 0 Å². The zero-order chi connectivity index (χ0) is 22.7. The number of nitrogens with zero attached hydrogens (tertiary/aromatic N) is 1. The van der Waals surface area contributed by atoms with Gasteiger partial charge in [0.2, 0.25) is 0 Å². The summed E-state index contributed by atoms with van der Waals surface area (Å²) < 4.78 is 11.8. The Morgan fingerprint density at radius 2 is 1.66 bits per heavy atom. The van der Waals surface area contributed by atoms with Crippen LogP contribution >= 0.6 is 0 Å². The molecule has 0 saturated carbocycles. The predicted molar refractivity (Wildman–Crippen MR) is 127 cm³/mol. The van der Waals surface area contributed by atoms with Crippen molar-refractivity contribution in [1.82, 2.24) is 4.90 Å². The Bertz CT molecular complexity index is 1110. The standard InChI is InChI=1S/C28H31NO3/c1-28(2,3)24-11-7-8-12-26(24)32-19-23-17-21(13-14-25(23)31-4)27(30)29-16-15-20-9-5-6-10-22(20)18-29/h5-14,17H,15-16,18-19H2,1-4H3. The van der Waals surface area contributed by atoms with Gasteiger partial charge in [-0.3, -0.25) is 4.79 Å². The Kier molecular flexibility index (Phi) is 6.22. The summed E-state index contributed by atoms with van der Waals surface area (Å²) in [6, 6.07) is 22.1. The number of fused-ring (bicyclic) bond motifs is 1. The molecule has 3 aromatic rings. The molecule has 4 rings (SSSR count). The Morgan fingerprint density at radius 3 is 2.41 bits per heavy atom. The molecule has 0 unspecified atom stereocenters. The zero-order valence-corrected chi connectivity index (χ0v) is 19.4. The molecule has 1 aliphatic heterocycles. The third-order valence-electron chi connectivity index (χ3n) is 6.02. The Balaban J connectivity index is 1.54. The second kappa shape index (κ2) is 9.07. The fraction of sp³-hybridized carbons (Fsp3) is 0.321. The quantitative estimate of drug-likeness (QED) is 0.517. The van der Waals surface area contributed by atoms with Gasteiger partial charge in [0.05, 0.1) is 7.11 Å². The van der Waals surface area contributed by atoms with Gasteiger partial charge in [0, 0.05) is 24.2 Å². The van der Waals surface area contributed by atoms with Crippen LogP contribution in [0, 0.1) is 0 Å². The summed E-state index contributed by atoms with van der Waals surface area (Å²) in [7, 11) is 1.64. The minimum atomic E-state index is -0.0248. The van der Waals surface area contributed by atoms with Crippen molar-refractivity contribution >= 4 is 5.91 Å². The van der Waals surface area contributed by atoms with E-state index in [2.05, 4.69) is 45.0 Å². The zero-order valence-electron chi connectivity index (χ0n) is 19.4. The number of carbonyl (C=O) groups excluding carboxylic acids is 1. The van der Waals surface area contributed by atoms with Crippen molar-refractivity contribution in [2.45, 2.75) is 45.8 Å². The van der Waals surface area contributed by atoms with Gasteiger partial charge in [0.15, 0.2) is 0 Å². The van der Waals surface area contributed by atoms with Crippen molar-refractivity contribution in [3.63, 3.8) is 0 Å². The molecule has 166 valence electrons. The maximum Gasteiger partial charge on any atom is 0.254 e. The molecule has 32 heavy (non-hydrogen) atoms. The van der Waals surface area contributed by atoms with Crippen LogP contribution in [0.2, 0.25) is 0 Å². The molecule has 0 bridgehead atoms. The van der Waals surface area contributed by atoms with Gasteiger partial charge in [-0.2, -0.15) is 0 Å². The topological polar surface area (TPSA) is 38.8 Å². The van der Waals surface area contributed by atoms with Crippen LogP contribution in [0.4, 0.5) is 0 Å². The van der Waals surface area contributed by atoms with Crippen LogP contribution in [0.15, 0.2) is 66.7 Å². The van der Waals surface area contributed by atoms with E-state index in [1.54, 1.807) is 7.11 Å². The number of carbonyl (C=O) groups is 1. The normalized spacial score (nSPS) is 13.4. The summed E-state index contributed by atoms with van der Waals surface area (Å²) >= 11 is 0. The second-order valence-electron chi connectivity index (χ2n) is 9.31. The fourth-order valence-electron chi connectivity index (χ4n) is 4.24. The average Bonchev–Trinajstić information content (AvgIpc) is 2.81. The highest BCUT2D eigenvalue weighted by Gasteiger charge is 2.23. The lowest BCUT2D eigenvalue weighted by Crippen LogP contribution is -2.36. The molecule has 4 heteroatoms. The molecule has 0 fully saturated rings. The van der Waals surface area contributed by atoms with Gasteiger partial charge in [-0.05, 0) is 52.8 Å². The van der Waals surface area contributed by atoms with E-state index in [0.717, 1.165) is 35.6 Å². The SMILES string of the molecule is COc1ccc(C(=O)N2CCc3ccccc3C2)cc1COc1ccccc1C(C)(C)C. The van der Waals surface area contributed by atoms with Crippen molar-refractivity contribution in [3.8, 4) is 11.5 Å². The van der Waals surface area contributed by atoms with E-state index in [9.17, 15) is 4.79 Å². The highest BCUT2D eigenvalue weighted by molar-refractivity contribution is 5.94. The van der Waals surface area contributed by atoms with Crippen molar-refractivity contribution in [3.05, 3.63) is 94.5 Å². The smallest absolute Gasteiger partial charge is 0.254 e. The second-order valence-corrected chi connectivity index (χ2v) is 9.31. The molecule has 0 radical (unpaired) electrons. The molecule has 1 aliphatic rings. The molecule has 1 heterocycles. The van der Waals surface area contributed by atoms with E-state index in [1.165, 1.54) is 11.1 Å². The molecule has 1 amide bonds. The third kappa shape index (κ3) is 4.64. The first-order chi connectivity index (χ1) is 15.4. The minimum Gasteiger partial charge on any atom is -0.496 e. The molecule has 0 saturated heterocycles. The summed E-state index contributed by atoms with van der Waals surface area (Å²) in [5, 5.41) is 0. The predicted octanol–water partition coefficient (Wildman–Crippen LogP) is 5.77. The van der Waals surface area contributed by atoms with Crippen LogP contribution in [0.5, 0.6) is 11.5 Å². The summed E-state index contributed by atoms with van der Waals surface area (Å²) in [6.45, 7) is 8.22. The van der Waals surface area contributed by atoms with Gasteiger partial charge < -0.3 is 14.4 Å². The third-order valence-corrected chi connectivity index (χ3v) is 6.02. The summed E-state index contributed by atoms with van der Waals surface area (Å²) in [5.41, 5.74) is 5.20. The highest BCUT2D eigenvalue weighted by Crippen LogP contribution is 2.32. The van der Waals surface area contributed by atoms with Gasteiger partial charge >= 0.3 is 0 Å². The van der Waals surface area contributed by atoms with Gasteiger partial charge in [-0.15, -0.1) is 0 Å². The van der Waals surface area contributed by atoms with E-state index in [-0.39, 0.29) is 11.3 Å². The van der Waals surface area contributed by atoms with Crippen molar-refractivity contribution < 1.29 is 14.3 Å². The van der Waals surface area contributed by atoms with Crippen LogP contribution in [0.25, 0.3) is 0 Å². The molecule has 0 spiro atoms. The van der Waals surface area contributed by atoms with E-state index >= 15 is 0 Å². The van der Waals surface area contributed by atoms with Gasteiger partial charge in [-0.1, -0.05) is 63.2 Å². The molecule has 0 atom stereocenters. The van der Waals surface area contributed by atoms with Gasteiger partial charge in [0.25, 0.3) is 5.91 Å². The lowest BCUT2D eigenvalue weighted by Gasteiger charge is -2.29. The Labute approximate surface area is 190 Å². The largest absolute Gasteiger partial charge is 0.496 e. The van der Waals surface area contributed by atoms with E-state index in [0.29, 0.717) is 18.7 Å². The van der Waals surface area contributed by atoms with Crippen molar-refractivity contribution in [2.24, 2.45) is 0 Å².